The molecule has 0 unspecified atom stereocenters. The van der Waals surface area contributed by atoms with Crippen molar-refractivity contribution in [1.29, 1.82) is 0 Å². The molecule has 6 aromatic carbocycles. The first-order valence-corrected chi connectivity index (χ1v) is 23.9. The molecule has 0 saturated carbocycles. The Labute approximate surface area is 372 Å². The largest absolute Gasteiger partial charge is 0.486 e. The van der Waals surface area contributed by atoms with Gasteiger partial charge in [-0.15, -0.1) is 54.1 Å². The fourth-order valence-corrected chi connectivity index (χ4v) is 8.72. The summed E-state index contributed by atoms with van der Waals surface area (Å²) in [6.07, 6.45) is 2.02. The Balaban J connectivity index is 0.000000255. The first kappa shape index (κ1) is 41.5. The molecule has 7 heteroatoms. The smallest absolute Gasteiger partial charge is 0.216 e. The van der Waals surface area contributed by atoms with Gasteiger partial charge >= 0.3 is 0 Å². The molecule has 0 fully saturated rings. The van der Waals surface area contributed by atoms with E-state index in [1.165, 1.54) is 21.9 Å². The Morgan fingerprint density at radius 1 is 0.607 bits per heavy atom. The van der Waals surface area contributed by atoms with Crippen LogP contribution in [-0.2, 0) is 25.5 Å². The van der Waals surface area contributed by atoms with Crippen molar-refractivity contribution in [3.63, 3.8) is 0 Å². The molecular weight excluding hydrogens is 941 g/mol. The summed E-state index contributed by atoms with van der Waals surface area (Å²) in [6, 6.07) is 62.9. The molecule has 10 rings (SSSR count). The van der Waals surface area contributed by atoms with Gasteiger partial charge in [-0.3, -0.25) is 4.98 Å². The van der Waals surface area contributed by atoms with Crippen LogP contribution in [0.3, 0.4) is 0 Å². The zero-order valence-electron chi connectivity index (χ0n) is 35.2. The molecule has 303 valence electrons. The van der Waals surface area contributed by atoms with Crippen molar-refractivity contribution in [2.75, 3.05) is 0 Å². The zero-order chi connectivity index (χ0) is 41.4. The standard InChI is InChI=1S/C40H30N3O.C14H16NSi.Ir/c1-40(2,3)32-25-28(26-13-6-4-7-14-26)21-24-35(32)43-36-20-11-10-19-34(36)41-38(43)31-18-12-17-29-30-22-23-33(27-15-8-5-9-16-27)42-39(30)44-37(29)31;1-16(2,3)13-9-10-14(15-11-13)12-7-5-4-6-8-12;/h4-17,19-25H,1-3H3;4-7,9-11H,1-3H3;/q2*-1;. The maximum atomic E-state index is 6.57. The van der Waals surface area contributed by atoms with E-state index in [-0.39, 0.29) is 25.5 Å². The van der Waals surface area contributed by atoms with Crippen molar-refractivity contribution in [2.45, 2.75) is 45.8 Å². The molecule has 0 spiro atoms. The predicted octanol–water partition coefficient (Wildman–Crippen LogP) is 13.5. The van der Waals surface area contributed by atoms with E-state index in [0.717, 1.165) is 67.0 Å². The summed E-state index contributed by atoms with van der Waals surface area (Å²) < 4.78 is 8.84. The van der Waals surface area contributed by atoms with Crippen LogP contribution < -0.4 is 5.19 Å². The van der Waals surface area contributed by atoms with Crippen molar-refractivity contribution in [2.24, 2.45) is 0 Å². The minimum atomic E-state index is -1.23. The van der Waals surface area contributed by atoms with Crippen LogP contribution in [0, 0.1) is 12.1 Å². The zero-order valence-corrected chi connectivity index (χ0v) is 38.6. The van der Waals surface area contributed by atoms with Gasteiger partial charge in [0.05, 0.1) is 36.2 Å². The Morgan fingerprint density at radius 3 is 2.00 bits per heavy atom. The van der Waals surface area contributed by atoms with Crippen LogP contribution in [0.5, 0.6) is 0 Å². The number of hydrogen-bond donors (Lipinski definition) is 0. The number of para-hydroxylation sites is 2. The quantitative estimate of drug-likeness (QED) is 0.123. The molecule has 1 radical (unpaired) electrons. The molecule has 0 aliphatic heterocycles. The molecule has 61 heavy (non-hydrogen) atoms. The van der Waals surface area contributed by atoms with E-state index in [0.29, 0.717) is 5.71 Å². The van der Waals surface area contributed by atoms with Crippen LogP contribution in [0.1, 0.15) is 26.3 Å². The van der Waals surface area contributed by atoms with Crippen LogP contribution in [-0.4, -0.2) is 27.6 Å². The van der Waals surface area contributed by atoms with Gasteiger partial charge in [0.1, 0.15) is 0 Å². The molecular formula is C54H46IrN4OSi-2. The van der Waals surface area contributed by atoms with E-state index in [9.17, 15) is 0 Å². The van der Waals surface area contributed by atoms with E-state index in [1.807, 2.05) is 60.8 Å². The molecule has 0 saturated heterocycles. The number of hydrogen-bond acceptors (Lipinski definition) is 4. The van der Waals surface area contributed by atoms with E-state index < -0.39 is 8.07 Å². The van der Waals surface area contributed by atoms with Gasteiger partial charge in [-0.1, -0.05) is 142 Å². The molecule has 0 atom stereocenters. The molecule has 0 N–H and O–H groups in total. The Kier molecular flexibility index (Phi) is 11.6. The minimum Gasteiger partial charge on any atom is -0.486 e. The van der Waals surface area contributed by atoms with Crippen LogP contribution >= 0.6 is 0 Å². The number of aromatic nitrogens is 4. The third-order valence-electron chi connectivity index (χ3n) is 10.9. The van der Waals surface area contributed by atoms with Crippen LogP contribution in [0.25, 0.3) is 83.8 Å². The summed E-state index contributed by atoms with van der Waals surface area (Å²) in [7, 11) is -1.23. The number of nitrogens with zero attached hydrogens (tertiary/aromatic N) is 4. The summed E-state index contributed by atoms with van der Waals surface area (Å²) in [5.41, 5.74) is 12.7. The molecule has 5 nitrogen and oxygen atoms in total. The second kappa shape index (κ2) is 17.0. The second-order valence-electron chi connectivity index (χ2n) is 17.2. The van der Waals surface area contributed by atoms with Gasteiger partial charge in [0, 0.05) is 42.9 Å². The maximum Gasteiger partial charge on any atom is 0.216 e. The fraction of sp³-hybridized carbons (Fsp3) is 0.130. The number of pyridine rings is 2. The summed E-state index contributed by atoms with van der Waals surface area (Å²) >= 11 is 0. The van der Waals surface area contributed by atoms with Crippen LogP contribution in [0.4, 0.5) is 0 Å². The van der Waals surface area contributed by atoms with Gasteiger partial charge < -0.3 is 14.0 Å². The molecule has 4 aromatic heterocycles. The summed E-state index contributed by atoms with van der Waals surface area (Å²) in [6.45, 7) is 13.8. The minimum absolute atomic E-state index is 0. The van der Waals surface area contributed by atoms with Crippen LogP contribution in [0.2, 0.25) is 19.6 Å². The topological polar surface area (TPSA) is 56.7 Å². The Hall–Kier alpha value is -6.24. The molecule has 4 heterocycles. The van der Waals surface area contributed by atoms with Gasteiger partial charge in [-0.2, -0.15) is 0 Å². The second-order valence-corrected chi connectivity index (χ2v) is 22.3. The number of imidazole rings is 1. The third kappa shape index (κ3) is 8.42. The number of furan rings is 1. The van der Waals surface area contributed by atoms with Gasteiger partial charge in [0.15, 0.2) is 0 Å². The van der Waals surface area contributed by atoms with Gasteiger partial charge in [-0.05, 0) is 69.4 Å². The van der Waals surface area contributed by atoms with Crippen molar-refractivity contribution < 1.29 is 24.5 Å². The summed E-state index contributed by atoms with van der Waals surface area (Å²) in [5, 5.41) is 3.36. The van der Waals surface area contributed by atoms with Crippen molar-refractivity contribution in [3.8, 4) is 50.7 Å². The first-order valence-electron chi connectivity index (χ1n) is 20.4. The average molecular weight is 987 g/mol. The average Bonchev–Trinajstić information content (AvgIpc) is 3.85. The van der Waals surface area contributed by atoms with E-state index in [2.05, 4.69) is 171 Å². The predicted molar refractivity (Wildman–Crippen MR) is 251 cm³/mol. The van der Waals surface area contributed by atoms with Gasteiger partial charge in [0.2, 0.25) is 5.71 Å². The summed E-state index contributed by atoms with van der Waals surface area (Å²) in [5.74, 6) is 0.789. The van der Waals surface area contributed by atoms with E-state index in [4.69, 9.17) is 14.4 Å². The van der Waals surface area contributed by atoms with Gasteiger partial charge in [-0.25, -0.2) is 4.98 Å². The number of fused-ring (bicyclic) bond motifs is 4. The van der Waals surface area contributed by atoms with Crippen LogP contribution in [0.15, 0.2) is 174 Å². The van der Waals surface area contributed by atoms with E-state index >= 15 is 0 Å². The fourth-order valence-electron chi connectivity index (χ4n) is 7.69. The molecule has 0 amide bonds. The maximum absolute atomic E-state index is 6.57. The Morgan fingerprint density at radius 2 is 1.31 bits per heavy atom. The Bertz CT molecular complexity index is 3090. The first-order chi connectivity index (χ1) is 29.0. The molecule has 0 aliphatic rings. The van der Waals surface area contributed by atoms with Crippen molar-refractivity contribution >= 4 is 46.4 Å². The third-order valence-corrected chi connectivity index (χ3v) is 12.9. The number of rotatable bonds is 6. The molecule has 0 bridgehead atoms. The summed E-state index contributed by atoms with van der Waals surface area (Å²) in [4.78, 5) is 14.6. The monoisotopic (exact) mass is 987 g/mol. The normalized spacial score (nSPS) is 11.6. The molecule has 0 aliphatic carbocycles. The SMILES string of the molecule is CC(C)(C)c1cc(-c2ccccc2)ccc1-n1c(-c2[c-]ccc3c2oc2nc(-c4ccccc4)ccc23)nc2ccccc21.C[Si](C)(C)c1ccc(-c2[c-]cccc2)nc1.[Ir]. The number of benzene rings is 6. The van der Waals surface area contributed by atoms with Crippen molar-refractivity contribution in [3.05, 3.63) is 188 Å². The van der Waals surface area contributed by atoms with Crippen molar-refractivity contribution in [1.82, 2.24) is 19.5 Å². The molecule has 10 aromatic rings. The van der Waals surface area contributed by atoms with Gasteiger partial charge in [0.25, 0.3) is 0 Å². The van der Waals surface area contributed by atoms with E-state index in [1.54, 1.807) is 0 Å².